The van der Waals surface area contributed by atoms with E-state index in [0.717, 1.165) is 4.31 Å². The van der Waals surface area contributed by atoms with Gasteiger partial charge < -0.3 is 5.11 Å². The molecule has 21 heavy (non-hydrogen) atoms. The van der Waals surface area contributed by atoms with Gasteiger partial charge in [-0.2, -0.15) is 9.57 Å². The number of nitriles is 1. The van der Waals surface area contributed by atoms with Crippen LogP contribution < -0.4 is 0 Å². The maximum atomic E-state index is 12.7. The van der Waals surface area contributed by atoms with Gasteiger partial charge in [0, 0.05) is 6.54 Å². The zero-order valence-electron chi connectivity index (χ0n) is 11.2. The maximum absolute atomic E-state index is 12.7. The lowest BCUT2D eigenvalue weighted by atomic mass is 10.0. The maximum Gasteiger partial charge on any atom is 0.324 e. The normalized spacial score (nSPS) is 22.9. The monoisotopic (exact) mass is 328 g/mol. The Morgan fingerprint density at radius 2 is 2.19 bits per heavy atom. The summed E-state index contributed by atoms with van der Waals surface area (Å²) in [4.78, 5) is 11.2. The fourth-order valence-electron chi connectivity index (χ4n) is 2.44. The van der Waals surface area contributed by atoms with E-state index in [2.05, 4.69) is 0 Å². The third-order valence-corrected chi connectivity index (χ3v) is 6.17. The lowest BCUT2D eigenvalue weighted by molar-refractivity contribution is -0.146. The summed E-state index contributed by atoms with van der Waals surface area (Å²) in [5, 5.41) is 18.0. The number of halogens is 1. The highest BCUT2D eigenvalue weighted by Crippen LogP contribution is 2.36. The Morgan fingerprint density at radius 3 is 2.71 bits per heavy atom. The molecule has 1 atom stereocenters. The summed E-state index contributed by atoms with van der Waals surface area (Å²) < 4.78 is 26.3. The first-order chi connectivity index (χ1) is 9.73. The topological polar surface area (TPSA) is 98.5 Å². The first-order valence-corrected chi connectivity index (χ1v) is 8.01. The summed E-state index contributed by atoms with van der Waals surface area (Å²) in [6.07, 6.45) is 0.714. The molecule has 1 fully saturated rings. The molecule has 1 aromatic rings. The molecule has 0 aliphatic carbocycles. The molecular weight excluding hydrogens is 316 g/mol. The van der Waals surface area contributed by atoms with Crippen molar-refractivity contribution in [3.8, 4) is 6.07 Å². The minimum absolute atomic E-state index is 0.0892. The second-order valence-electron chi connectivity index (χ2n) is 5.02. The van der Waals surface area contributed by atoms with Crippen molar-refractivity contribution in [2.75, 3.05) is 6.54 Å². The van der Waals surface area contributed by atoms with Crippen LogP contribution in [0.4, 0.5) is 0 Å². The lowest BCUT2D eigenvalue weighted by Crippen LogP contribution is -2.50. The van der Waals surface area contributed by atoms with Crippen molar-refractivity contribution in [3.63, 3.8) is 0 Å². The van der Waals surface area contributed by atoms with Gasteiger partial charge in [-0.1, -0.05) is 11.6 Å². The molecule has 1 aromatic carbocycles. The number of benzene rings is 1. The van der Waals surface area contributed by atoms with Crippen molar-refractivity contribution in [2.24, 2.45) is 0 Å². The Kier molecular flexibility index (Phi) is 3.97. The summed E-state index contributed by atoms with van der Waals surface area (Å²) in [7, 11) is -4.04. The molecule has 1 aliphatic heterocycles. The van der Waals surface area contributed by atoms with E-state index in [1.54, 1.807) is 0 Å². The number of hydrogen-bond acceptors (Lipinski definition) is 4. The van der Waals surface area contributed by atoms with Crippen LogP contribution in [-0.2, 0) is 14.8 Å². The molecule has 0 bridgehead atoms. The second kappa shape index (κ2) is 5.30. The van der Waals surface area contributed by atoms with Crippen LogP contribution in [0.2, 0.25) is 5.02 Å². The van der Waals surface area contributed by atoms with Crippen LogP contribution in [0.15, 0.2) is 23.1 Å². The Hall–Kier alpha value is -1.62. The number of sulfonamides is 1. The average Bonchev–Trinajstić information content (AvgIpc) is 2.82. The highest BCUT2D eigenvalue weighted by molar-refractivity contribution is 7.89. The largest absolute Gasteiger partial charge is 0.480 e. The Bertz CT molecular complexity index is 741. The Morgan fingerprint density at radius 1 is 1.52 bits per heavy atom. The molecule has 1 saturated heterocycles. The van der Waals surface area contributed by atoms with Crippen molar-refractivity contribution in [2.45, 2.75) is 30.2 Å². The van der Waals surface area contributed by atoms with Crippen molar-refractivity contribution >= 4 is 27.6 Å². The number of carboxylic acids is 1. The van der Waals surface area contributed by atoms with Gasteiger partial charge in [0.15, 0.2) is 0 Å². The highest BCUT2D eigenvalue weighted by atomic mass is 35.5. The standard InChI is InChI=1S/C13H13ClN2O4S/c1-13(12(17)18)5-2-6-16(13)21(19,20)11-4-3-9(8-15)7-10(11)14/h3-4,7H,2,5-6H2,1H3,(H,17,18). The van der Waals surface area contributed by atoms with E-state index in [0.29, 0.717) is 6.42 Å². The highest BCUT2D eigenvalue weighted by Gasteiger charge is 2.50. The van der Waals surface area contributed by atoms with Gasteiger partial charge in [0.05, 0.1) is 16.7 Å². The molecule has 0 aromatic heterocycles. The second-order valence-corrected chi connectivity index (χ2v) is 7.25. The predicted octanol–water partition coefficient (Wildman–Crippen LogP) is 1.84. The first-order valence-electron chi connectivity index (χ1n) is 6.19. The molecule has 1 aliphatic rings. The molecule has 1 unspecified atom stereocenters. The fraction of sp³-hybridized carbons (Fsp3) is 0.385. The number of hydrogen-bond donors (Lipinski definition) is 1. The molecule has 0 radical (unpaired) electrons. The molecule has 0 saturated carbocycles. The van der Waals surface area contributed by atoms with Crippen LogP contribution in [0.3, 0.4) is 0 Å². The van der Waals surface area contributed by atoms with Crippen LogP contribution in [0.1, 0.15) is 25.3 Å². The summed E-state index contributed by atoms with van der Waals surface area (Å²) in [5.74, 6) is -1.19. The summed E-state index contributed by atoms with van der Waals surface area (Å²) in [6, 6.07) is 5.69. The number of carbonyl (C=O) groups is 1. The van der Waals surface area contributed by atoms with Gasteiger partial charge in [0.1, 0.15) is 10.4 Å². The van der Waals surface area contributed by atoms with E-state index in [-0.39, 0.29) is 28.4 Å². The van der Waals surface area contributed by atoms with Gasteiger partial charge in [-0.15, -0.1) is 0 Å². The third-order valence-electron chi connectivity index (χ3n) is 3.66. The molecule has 112 valence electrons. The van der Waals surface area contributed by atoms with Gasteiger partial charge in [-0.05, 0) is 38.0 Å². The number of aliphatic carboxylic acids is 1. The van der Waals surface area contributed by atoms with Gasteiger partial charge in [-0.3, -0.25) is 4.79 Å². The van der Waals surface area contributed by atoms with E-state index < -0.39 is 21.5 Å². The van der Waals surface area contributed by atoms with Crippen LogP contribution in [-0.4, -0.2) is 35.9 Å². The van der Waals surface area contributed by atoms with Crippen molar-refractivity contribution in [1.29, 1.82) is 5.26 Å². The minimum atomic E-state index is -4.04. The van der Waals surface area contributed by atoms with Crippen LogP contribution >= 0.6 is 11.6 Å². The van der Waals surface area contributed by atoms with Gasteiger partial charge >= 0.3 is 5.97 Å². The molecule has 6 nitrogen and oxygen atoms in total. The van der Waals surface area contributed by atoms with Gasteiger partial charge in [-0.25, -0.2) is 8.42 Å². The smallest absolute Gasteiger partial charge is 0.324 e. The summed E-state index contributed by atoms with van der Waals surface area (Å²) >= 11 is 5.94. The third kappa shape index (κ3) is 2.50. The molecule has 8 heteroatoms. The van der Waals surface area contributed by atoms with Crippen molar-refractivity contribution in [3.05, 3.63) is 28.8 Å². The van der Waals surface area contributed by atoms with E-state index in [9.17, 15) is 18.3 Å². The molecule has 1 N–H and O–H groups in total. The minimum Gasteiger partial charge on any atom is -0.480 e. The predicted molar refractivity (Wildman–Crippen MR) is 75.3 cm³/mol. The van der Waals surface area contributed by atoms with E-state index in [4.69, 9.17) is 16.9 Å². The van der Waals surface area contributed by atoms with E-state index >= 15 is 0 Å². The van der Waals surface area contributed by atoms with Gasteiger partial charge in [0.2, 0.25) is 10.0 Å². The van der Waals surface area contributed by atoms with Crippen LogP contribution in [0, 0.1) is 11.3 Å². The van der Waals surface area contributed by atoms with Crippen LogP contribution in [0.5, 0.6) is 0 Å². The molecular formula is C13H13ClN2O4S. The van der Waals surface area contributed by atoms with E-state index in [1.165, 1.54) is 25.1 Å². The zero-order chi connectivity index (χ0) is 15.8. The molecule has 0 amide bonds. The van der Waals surface area contributed by atoms with Gasteiger partial charge in [0.25, 0.3) is 0 Å². The lowest BCUT2D eigenvalue weighted by Gasteiger charge is -2.30. The van der Waals surface area contributed by atoms with Crippen LogP contribution in [0.25, 0.3) is 0 Å². The molecule has 1 heterocycles. The molecule has 2 rings (SSSR count). The average molecular weight is 329 g/mol. The zero-order valence-corrected chi connectivity index (χ0v) is 12.8. The fourth-order valence-corrected chi connectivity index (χ4v) is 4.76. The Labute approximate surface area is 127 Å². The Balaban J connectivity index is 2.53. The first kappa shape index (κ1) is 15.8. The van der Waals surface area contributed by atoms with Crippen molar-refractivity contribution < 1.29 is 18.3 Å². The summed E-state index contributed by atoms with van der Waals surface area (Å²) in [5.41, 5.74) is -1.24. The molecule has 0 spiro atoms. The van der Waals surface area contributed by atoms with E-state index in [1.807, 2.05) is 6.07 Å². The number of rotatable bonds is 3. The number of carboxylic acid groups (broad SMARTS) is 1. The SMILES string of the molecule is CC1(C(=O)O)CCCN1S(=O)(=O)c1ccc(C#N)cc1Cl. The quantitative estimate of drug-likeness (QED) is 0.912. The summed E-state index contributed by atoms with van der Waals surface area (Å²) in [6.45, 7) is 1.51. The number of nitrogens with zero attached hydrogens (tertiary/aromatic N) is 2. The van der Waals surface area contributed by atoms with Crippen molar-refractivity contribution in [1.82, 2.24) is 4.31 Å².